The summed E-state index contributed by atoms with van der Waals surface area (Å²) < 4.78 is 12.3. The SMILES string of the molecule is O=C/C=C/c1ccc([18F])cc1. The van der Waals surface area contributed by atoms with Crippen molar-refractivity contribution in [3.63, 3.8) is 0 Å². The molecule has 0 radical (unpaired) electrons. The van der Waals surface area contributed by atoms with Crippen molar-refractivity contribution in [1.29, 1.82) is 0 Å². The van der Waals surface area contributed by atoms with Crippen LogP contribution in [0.4, 0.5) is 4.39 Å². The number of carbonyl (C=O) groups excluding carboxylic acids is 1. The molecule has 0 saturated heterocycles. The van der Waals surface area contributed by atoms with Crippen molar-refractivity contribution in [2.75, 3.05) is 0 Å². The van der Waals surface area contributed by atoms with Crippen LogP contribution in [0.3, 0.4) is 0 Å². The zero-order valence-corrected chi connectivity index (χ0v) is 5.83. The fourth-order valence-corrected chi connectivity index (χ4v) is 0.724. The Morgan fingerprint density at radius 1 is 1.18 bits per heavy atom. The van der Waals surface area contributed by atoms with E-state index >= 15 is 0 Å². The highest BCUT2D eigenvalue weighted by atomic mass is 18.2. The van der Waals surface area contributed by atoms with E-state index in [1.54, 1.807) is 18.2 Å². The van der Waals surface area contributed by atoms with Gasteiger partial charge in [0.05, 0.1) is 0 Å². The van der Waals surface area contributed by atoms with Gasteiger partial charge in [0.25, 0.3) is 0 Å². The summed E-state index contributed by atoms with van der Waals surface area (Å²) in [6, 6.07) is 5.92. The monoisotopic (exact) mass is 149 g/mol. The second kappa shape index (κ2) is 3.66. The lowest BCUT2D eigenvalue weighted by Gasteiger charge is -1.89. The first kappa shape index (κ1) is 7.66. The summed E-state index contributed by atoms with van der Waals surface area (Å²) >= 11 is 0. The summed E-state index contributed by atoms with van der Waals surface area (Å²) in [4.78, 5) is 9.88. The van der Waals surface area contributed by atoms with E-state index in [2.05, 4.69) is 0 Å². The highest BCUT2D eigenvalue weighted by molar-refractivity contribution is 5.73. The first-order chi connectivity index (χ1) is 5.33. The van der Waals surface area contributed by atoms with E-state index in [9.17, 15) is 9.18 Å². The third kappa shape index (κ3) is 2.34. The maximum absolute atomic E-state index is 12.3. The molecule has 0 atom stereocenters. The van der Waals surface area contributed by atoms with Crippen LogP contribution in [0, 0.1) is 5.82 Å². The van der Waals surface area contributed by atoms with Crippen molar-refractivity contribution < 1.29 is 9.18 Å². The standard InChI is InChI=1S/C9H7FO/c10-9-5-3-8(4-6-9)2-1-7-11/h1-7H/b2-1+/i10-1. The van der Waals surface area contributed by atoms with Gasteiger partial charge in [-0.05, 0) is 23.8 Å². The Labute approximate surface area is 64.2 Å². The lowest BCUT2D eigenvalue weighted by molar-refractivity contribution is -0.104. The van der Waals surface area contributed by atoms with Crippen LogP contribution in [0.25, 0.3) is 6.08 Å². The van der Waals surface area contributed by atoms with E-state index in [1.807, 2.05) is 0 Å². The summed E-state index contributed by atoms with van der Waals surface area (Å²) in [6.07, 6.45) is 3.67. The quantitative estimate of drug-likeness (QED) is 0.464. The predicted octanol–water partition coefficient (Wildman–Crippen LogP) is 2.04. The molecule has 0 unspecified atom stereocenters. The van der Waals surface area contributed by atoms with Crippen LogP contribution < -0.4 is 0 Å². The topological polar surface area (TPSA) is 17.1 Å². The van der Waals surface area contributed by atoms with Crippen LogP contribution in [0.15, 0.2) is 30.3 Å². The molecule has 0 N–H and O–H groups in total. The summed E-state index contributed by atoms with van der Waals surface area (Å²) in [5.74, 6) is -0.270. The predicted molar refractivity (Wildman–Crippen MR) is 41.5 cm³/mol. The fraction of sp³-hybridized carbons (Fsp3) is 0. The van der Waals surface area contributed by atoms with Gasteiger partial charge in [-0.15, -0.1) is 0 Å². The zero-order chi connectivity index (χ0) is 8.10. The zero-order valence-electron chi connectivity index (χ0n) is 5.83. The molecule has 0 bridgehead atoms. The molecule has 0 fully saturated rings. The van der Waals surface area contributed by atoms with Gasteiger partial charge in [-0.1, -0.05) is 18.2 Å². The van der Waals surface area contributed by atoms with Crippen molar-refractivity contribution in [2.24, 2.45) is 0 Å². The van der Waals surface area contributed by atoms with Gasteiger partial charge in [0, 0.05) is 0 Å². The highest BCUT2D eigenvalue weighted by Crippen LogP contribution is 2.03. The minimum atomic E-state index is -0.270. The molecule has 1 nitrogen and oxygen atoms in total. The molecule has 0 heterocycles. The van der Waals surface area contributed by atoms with Crippen LogP contribution in [0.1, 0.15) is 5.56 Å². The maximum Gasteiger partial charge on any atom is 0.142 e. The van der Waals surface area contributed by atoms with Crippen LogP contribution in [0.2, 0.25) is 0 Å². The molecule has 0 aliphatic heterocycles. The number of benzene rings is 1. The van der Waals surface area contributed by atoms with Gasteiger partial charge in [0.15, 0.2) is 0 Å². The molecule has 1 rings (SSSR count). The second-order valence-electron chi connectivity index (χ2n) is 2.05. The molecule has 0 spiro atoms. The van der Waals surface area contributed by atoms with Crippen LogP contribution in [-0.4, -0.2) is 6.29 Å². The molecule has 11 heavy (non-hydrogen) atoms. The average Bonchev–Trinajstić information content (AvgIpc) is 2.04. The Balaban J connectivity index is 2.81. The largest absolute Gasteiger partial charge is 0.299 e. The summed E-state index contributed by atoms with van der Waals surface area (Å²) in [5, 5.41) is 0. The van der Waals surface area contributed by atoms with Crippen LogP contribution in [0.5, 0.6) is 0 Å². The molecule has 0 amide bonds. The summed E-state index contributed by atoms with van der Waals surface area (Å²) in [7, 11) is 0. The molecule has 1 aromatic rings. The molecule has 56 valence electrons. The molecule has 0 aliphatic rings. The van der Waals surface area contributed by atoms with E-state index in [4.69, 9.17) is 0 Å². The van der Waals surface area contributed by atoms with Gasteiger partial charge >= 0.3 is 0 Å². The lowest BCUT2D eigenvalue weighted by atomic mass is 10.2. The number of hydrogen-bond donors (Lipinski definition) is 0. The molecular weight excluding hydrogens is 142 g/mol. The molecule has 2 heteroatoms. The number of allylic oxidation sites excluding steroid dienone is 1. The molecule has 0 aromatic heterocycles. The first-order valence-corrected chi connectivity index (χ1v) is 3.20. The van der Waals surface area contributed by atoms with Gasteiger partial charge in [-0.25, -0.2) is 4.39 Å². The van der Waals surface area contributed by atoms with Gasteiger partial charge < -0.3 is 0 Å². The number of halogens is 1. The third-order valence-corrected chi connectivity index (χ3v) is 1.24. The smallest absolute Gasteiger partial charge is 0.142 e. The Kier molecular flexibility index (Phi) is 2.55. The van der Waals surface area contributed by atoms with Gasteiger partial charge in [0.1, 0.15) is 12.1 Å². The Bertz CT molecular complexity index is 261. The number of aldehydes is 1. The second-order valence-corrected chi connectivity index (χ2v) is 2.05. The first-order valence-electron chi connectivity index (χ1n) is 3.20. The van der Waals surface area contributed by atoms with Gasteiger partial charge in [0.2, 0.25) is 0 Å². The Hall–Kier alpha value is -1.44. The van der Waals surface area contributed by atoms with Gasteiger partial charge in [-0.2, -0.15) is 0 Å². The van der Waals surface area contributed by atoms with Crippen molar-refractivity contribution in [3.05, 3.63) is 41.7 Å². The van der Waals surface area contributed by atoms with Crippen molar-refractivity contribution in [2.45, 2.75) is 0 Å². The maximum atomic E-state index is 12.3. The van der Waals surface area contributed by atoms with Crippen molar-refractivity contribution in [3.8, 4) is 0 Å². The fourth-order valence-electron chi connectivity index (χ4n) is 0.724. The molecular formula is C9H7FO. The number of rotatable bonds is 2. The normalized spacial score (nSPS) is 10.3. The van der Waals surface area contributed by atoms with E-state index in [0.717, 1.165) is 5.56 Å². The molecule has 1 aromatic carbocycles. The van der Waals surface area contributed by atoms with E-state index in [0.29, 0.717) is 6.29 Å². The minimum absolute atomic E-state index is 0.270. The Morgan fingerprint density at radius 3 is 2.36 bits per heavy atom. The summed E-state index contributed by atoms with van der Waals surface area (Å²) in [6.45, 7) is 0. The number of carbonyl (C=O) groups is 1. The molecule has 0 saturated carbocycles. The third-order valence-electron chi connectivity index (χ3n) is 1.24. The minimum Gasteiger partial charge on any atom is -0.299 e. The van der Waals surface area contributed by atoms with Crippen LogP contribution >= 0.6 is 0 Å². The van der Waals surface area contributed by atoms with Crippen molar-refractivity contribution in [1.82, 2.24) is 0 Å². The average molecular weight is 149 g/mol. The summed E-state index contributed by atoms with van der Waals surface area (Å²) in [5.41, 5.74) is 0.818. The van der Waals surface area contributed by atoms with Crippen LogP contribution in [-0.2, 0) is 4.79 Å². The van der Waals surface area contributed by atoms with E-state index in [-0.39, 0.29) is 5.82 Å². The molecule has 0 aliphatic carbocycles. The van der Waals surface area contributed by atoms with Gasteiger partial charge in [-0.3, -0.25) is 4.79 Å². The highest BCUT2D eigenvalue weighted by Gasteiger charge is 1.86. The van der Waals surface area contributed by atoms with E-state index < -0.39 is 0 Å². The van der Waals surface area contributed by atoms with E-state index in [1.165, 1.54) is 18.2 Å². The van der Waals surface area contributed by atoms with Crippen molar-refractivity contribution >= 4 is 12.4 Å². The lowest BCUT2D eigenvalue weighted by Crippen LogP contribution is -1.73. The number of hydrogen-bond acceptors (Lipinski definition) is 1. The Morgan fingerprint density at radius 2 is 1.82 bits per heavy atom.